The molecule has 0 fully saturated rings. The number of hydrogen-bond acceptors (Lipinski definition) is 0. The third kappa shape index (κ3) is 42.0. The topological polar surface area (TPSA) is 0 Å². The van der Waals surface area contributed by atoms with Crippen LogP contribution < -0.4 is 0 Å². The SMILES string of the molecule is CCCCCCCCCCCCCCCCCCCCCCCCCCCCCCCCCCCCCCCCCCC. The van der Waals surface area contributed by atoms with Crippen molar-refractivity contribution in [2.24, 2.45) is 0 Å². The molecule has 0 heteroatoms. The standard InChI is InChI=1S/C43H88/c1-3-5-7-9-11-13-15-17-19-21-23-25-27-29-31-33-35-37-39-41-43-42-40-38-36-34-32-30-28-26-24-22-20-18-16-14-12-10-8-6-4-2/h3-43H2,1-2H3. The zero-order valence-corrected chi connectivity index (χ0v) is 31.0. The first kappa shape index (κ1) is 43.0. The zero-order chi connectivity index (χ0) is 31.0. The second-order valence-corrected chi connectivity index (χ2v) is 14.8. The molecule has 0 aromatic rings. The van der Waals surface area contributed by atoms with E-state index in [4.69, 9.17) is 0 Å². The molecule has 0 aliphatic rings. The Labute approximate surface area is 276 Å². The van der Waals surface area contributed by atoms with Gasteiger partial charge < -0.3 is 0 Å². The predicted molar refractivity (Wildman–Crippen MR) is 201 cm³/mol. The summed E-state index contributed by atoms with van der Waals surface area (Å²) >= 11 is 0. The van der Waals surface area contributed by atoms with E-state index in [1.165, 1.54) is 263 Å². The molecular formula is C43H88. The molecule has 0 unspecified atom stereocenters. The van der Waals surface area contributed by atoms with Crippen LogP contribution in [0, 0.1) is 0 Å². The summed E-state index contributed by atoms with van der Waals surface area (Å²) in [4.78, 5) is 0. The van der Waals surface area contributed by atoms with Crippen LogP contribution in [-0.4, -0.2) is 0 Å². The van der Waals surface area contributed by atoms with Gasteiger partial charge in [-0.05, 0) is 0 Å². The Morgan fingerprint density at radius 3 is 0.256 bits per heavy atom. The molecule has 0 nitrogen and oxygen atoms in total. The minimum absolute atomic E-state index is 1.37. The first-order valence-corrected chi connectivity index (χ1v) is 21.4. The van der Waals surface area contributed by atoms with Crippen molar-refractivity contribution in [3.63, 3.8) is 0 Å². The van der Waals surface area contributed by atoms with Gasteiger partial charge in [-0.1, -0.05) is 277 Å². The van der Waals surface area contributed by atoms with Gasteiger partial charge in [0.05, 0.1) is 0 Å². The fourth-order valence-electron chi connectivity index (χ4n) is 7.04. The van der Waals surface area contributed by atoms with Crippen LogP contribution in [0.2, 0.25) is 0 Å². The molecule has 0 N–H and O–H groups in total. The molecule has 0 bridgehead atoms. The van der Waals surface area contributed by atoms with Crippen LogP contribution in [0.3, 0.4) is 0 Å². The molecule has 0 aliphatic carbocycles. The van der Waals surface area contributed by atoms with Crippen LogP contribution in [0.4, 0.5) is 0 Å². The lowest BCUT2D eigenvalue weighted by molar-refractivity contribution is 0.509. The molecule has 43 heavy (non-hydrogen) atoms. The molecule has 0 spiro atoms. The Bertz CT molecular complexity index is 399. The normalized spacial score (nSPS) is 11.6. The lowest BCUT2D eigenvalue weighted by Gasteiger charge is -2.05. The second kappa shape index (κ2) is 42.0. The zero-order valence-electron chi connectivity index (χ0n) is 31.0. The van der Waals surface area contributed by atoms with Gasteiger partial charge in [0, 0.05) is 0 Å². The smallest absolute Gasteiger partial charge is 0.0533 e. The van der Waals surface area contributed by atoms with Crippen LogP contribution in [0.5, 0.6) is 0 Å². The van der Waals surface area contributed by atoms with E-state index in [2.05, 4.69) is 13.8 Å². The molecule has 260 valence electrons. The Morgan fingerprint density at radius 1 is 0.116 bits per heavy atom. The molecule has 0 aromatic heterocycles. The van der Waals surface area contributed by atoms with Gasteiger partial charge in [-0.15, -0.1) is 0 Å². The van der Waals surface area contributed by atoms with Crippen molar-refractivity contribution >= 4 is 0 Å². The van der Waals surface area contributed by atoms with Gasteiger partial charge >= 0.3 is 0 Å². The van der Waals surface area contributed by atoms with Crippen molar-refractivity contribution in [3.05, 3.63) is 0 Å². The van der Waals surface area contributed by atoms with Crippen molar-refractivity contribution < 1.29 is 0 Å². The van der Waals surface area contributed by atoms with Gasteiger partial charge in [0.1, 0.15) is 0 Å². The average Bonchev–Trinajstić information content (AvgIpc) is 3.02. The third-order valence-electron chi connectivity index (χ3n) is 10.2. The summed E-state index contributed by atoms with van der Waals surface area (Å²) in [7, 11) is 0. The fraction of sp³-hybridized carbons (Fsp3) is 1.00. The van der Waals surface area contributed by atoms with E-state index in [1.807, 2.05) is 0 Å². The highest BCUT2D eigenvalue weighted by atomic mass is 14.0. The Morgan fingerprint density at radius 2 is 0.186 bits per heavy atom. The first-order valence-electron chi connectivity index (χ1n) is 21.4. The van der Waals surface area contributed by atoms with Crippen molar-refractivity contribution in [1.82, 2.24) is 0 Å². The van der Waals surface area contributed by atoms with E-state index in [9.17, 15) is 0 Å². The molecule has 0 radical (unpaired) electrons. The van der Waals surface area contributed by atoms with E-state index < -0.39 is 0 Å². The molecular weight excluding hydrogens is 516 g/mol. The lowest BCUT2D eigenvalue weighted by Crippen LogP contribution is -1.85. The van der Waals surface area contributed by atoms with Gasteiger partial charge in [0.2, 0.25) is 0 Å². The average molecular weight is 605 g/mol. The summed E-state index contributed by atoms with van der Waals surface area (Å²) in [6.45, 7) is 4.62. The monoisotopic (exact) mass is 605 g/mol. The summed E-state index contributed by atoms with van der Waals surface area (Å²) in [5.74, 6) is 0. The highest BCUT2D eigenvalue weighted by Gasteiger charge is 1.98. The van der Waals surface area contributed by atoms with Gasteiger partial charge in [-0.25, -0.2) is 0 Å². The predicted octanol–water partition coefficient (Wildman–Crippen LogP) is 17.0. The number of rotatable bonds is 40. The Kier molecular flexibility index (Phi) is 42.0. The van der Waals surface area contributed by atoms with Crippen LogP contribution in [0.25, 0.3) is 0 Å². The van der Waals surface area contributed by atoms with E-state index in [0.717, 1.165) is 0 Å². The molecule has 0 amide bonds. The van der Waals surface area contributed by atoms with Crippen LogP contribution in [-0.2, 0) is 0 Å². The van der Waals surface area contributed by atoms with Gasteiger partial charge in [0.25, 0.3) is 0 Å². The molecule has 0 aliphatic heterocycles. The summed E-state index contributed by atoms with van der Waals surface area (Å²) in [6, 6.07) is 0. The van der Waals surface area contributed by atoms with Crippen molar-refractivity contribution in [3.8, 4) is 0 Å². The fourth-order valence-corrected chi connectivity index (χ4v) is 7.04. The van der Waals surface area contributed by atoms with Crippen molar-refractivity contribution in [2.45, 2.75) is 277 Å². The highest BCUT2D eigenvalue weighted by molar-refractivity contribution is 4.53. The summed E-state index contributed by atoms with van der Waals surface area (Å²) < 4.78 is 0. The summed E-state index contributed by atoms with van der Waals surface area (Å²) in [5.41, 5.74) is 0. The lowest BCUT2D eigenvalue weighted by atomic mass is 10.0. The molecule has 0 aromatic carbocycles. The third-order valence-corrected chi connectivity index (χ3v) is 10.2. The van der Waals surface area contributed by atoms with E-state index in [0.29, 0.717) is 0 Å². The summed E-state index contributed by atoms with van der Waals surface area (Å²) in [6.07, 6.45) is 60.9. The molecule has 0 heterocycles. The molecule has 0 saturated carbocycles. The largest absolute Gasteiger partial charge is 0.0654 e. The maximum Gasteiger partial charge on any atom is -0.0533 e. The van der Waals surface area contributed by atoms with Gasteiger partial charge in [-0.2, -0.15) is 0 Å². The van der Waals surface area contributed by atoms with E-state index in [1.54, 1.807) is 0 Å². The first-order chi connectivity index (χ1) is 21.4. The minimum atomic E-state index is 1.37. The Balaban J connectivity index is 3.02. The van der Waals surface area contributed by atoms with Crippen LogP contribution in [0.1, 0.15) is 277 Å². The maximum absolute atomic E-state index is 2.31. The van der Waals surface area contributed by atoms with Crippen molar-refractivity contribution in [2.75, 3.05) is 0 Å². The minimum Gasteiger partial charge on any atom is -0.0654 e. The van der Waals surface area contributed by atoms with Crippen molar-refractivity contribution in [1.29, 1.82) is 0 Å². The molecule has 0 saturated heterocycles. The number of unbranched alkanes of at least 4 members (excludes halogenated alkanes) is 40. The van der Waals surface area contributed by atoms with E-state index >= 15 is 0 Å². The second-order valence-electron chi connectivity index (χ2n) is 14.8. The van der Waals surface area contributed by atoms with Crippen LogP contribution >= 0.6 is 0 Å². The maximum atomic E-state index is 2.31. The number of hydrogen-bond donors (Lipinski definition) is 0. The quantitative estimate of drug-likeness (QED) is 0.0610. The van der Waals surface area contributed by atoms with Crippen LogP contribution in [0.15, 0.2) is 0 Å². The molecule has 0 atom stereocenters. The highest BCUT2D eigenvalue weighted by Crippen LogP contribution is 2.17. The summed E-state index contributed by atoms with van der Waals surface area (Å²) in [5, 5.41) is 0. The van der Waals surface area contributed by atoms with Gasteiger partial charge in [0.15, 0.2) is 0 Å². The van der Waals surface area contributed by atoms with E-state index in [-0.39, 0.29) is 0 Å². The molecule has 0 rings (SSSR count). The Hall–Kier alpha value is 0. The van der Waals surface area contributed by atoms with Gasteiger partial charge in [-0.3, -0.25) is 0 Å².